The number of rotatable bonds is 7. The number of benzene rings is 1. The summed E-state index contributed by atoms with van der Waals surface area (Å²) >= 11 is 3.46. The van der Waals surface area contributed by atoms with Crippen LogP contribution in [-0.2, 0) is 6.42 Å². The number of unbranched alkanes of at least 4 members (excludes halogenated alkanes) is 1. The molecule has 0 aliphatic rings. The topological polar surface area (TPSA) is 20.2 Å². The van der Waals surface area contributed by atoms with Crippen molar-refractivity contribution in [2.75, 3.05) is 0 Å². The van der Waals surface area contributed by atoms with E-state index in [-0.39, 0.29) is 6.10 Å². The molecule has 94 valence electrons. The van der Waals surface area contributed by atoms with E-state index in [0.717, 1.165) is 36.6 Å². The molecule has 1 N–H and O–H groups in total. The molecule has 0 heterocycles. The van der Waals surface area contributed by atoms with E-state index in [1.807, 2.05) is 6.07 Å². The molecule has 17 heavy (non-hydrogen) atoms. The first-order valence-corrected chi connectivity index (χ1v) is 7.11. The maximum Gasteiger partial charge on any atom is 0.0851 e. The Balaban J connectivity index is 2.32. The van der Waals surface area contributed by atoms with Crippen LogP contribution in [0.5, 0.6) is 0 Å². The van der Waals surface area contributed by atoms with Gasteiger partial charge >= 0.3 is 0 Å². The molecule has 0 fully saturated rings. The highest BCUT2D eigenvalue weighted by atomic mass is 79.9. The predicted molar refractivity (Wildman–Crippen MR) is 77.3 cm³/mol. The minimum atomic E-state index is -0.328. The Kier molecular flexibility index (Phi) is 7.22. The summed E-state index contributed by atoms with van der Waals surface area (Å²) in [5.74, 6) is 0. The van der Waals surface area contributed by atoms with Gasteiger partial charge in [-0.15, -0.1) is 0 Å². The monoisotopic (exact) mass is 296 g/mol. The van der Waals surface area contributed by atoms with Crippen LogP contribution in [0.1, 0.15) is 38.2 Å². The van der Waals surface area contributed by atoms with Gasteiger partial charge in [0.1, 0.15) is 0 Å². The van der Waals surface area contributed by atoms with E-state index >= 15 is 0 Å². The molecule has 2 heteroatoms. The van der Waals surface area contributed by atoms with Gasteiger partial charge in [-0.2, -0.15) is 0 Å². The summed E-state index contributed by atoms with van der Waals surface area (Å²) in [4.78, 5) is 0. The molecule has 0 aromatic heterocycles. The highest BCUT2D eigenvalue weighted by Gasteiger charge is 2.06. The van der Waals surface area contributed by atoms with E-state index in [9.17, 15) is 5.11 Å². The average Bonchev–Trinajstić information content (AvgIpc) is 2.37. The van der Waals surface area contributed by atoms with Gasteiger partial charge in [0, 0.05) is 4.48 Å². The molecule has 0 amide bonds. The van der Waals surface area contributed by atoms with E-state index in [1.54, 1.807) is 0 Å². The molecule has 0 aliphatic carbocycles. The quantitative estimate of drug-likeness (QED) is 0.788. The van der Waals surface area contributed by atoms with Crippen LogP contribution in [0.25, 0.3) is 0 Å². The molecule has 1 atom stereocenters. The molecule has 0 radical (unpaired) electrons. The van der Waals surface area contributed by atoms with Crippen molar-refractivity contribution in [1.82, 2.24) is 0 Å². The molecular weight excluding hydrogens is 276 g/mol. The summed E-state index contributed by atoms with van der Waals surface area (Å²) < 4.78 is 0.932. The molecule has 0 aliphatic heterocycles. The van der Waals surface area contributed by atoms with E-state index < -0.39 is 0 Å². The van der Waals surface area contributed by atoms with Crippen LogP contribution >= 0.6 is 15.9 Å². The van der Waals surface area contributed by atoms with Gasteiger partial charge < -0.3 is 5.11 Å². The van der Waals surface area contributed by atoms with Gasteiger partial charge in [0.2, 0.25) is 0 Å². The smallest absolute Gasteiger partial charge is 0.0851 e. The van der Waals surface area contributed by atoms with E-state index in [4.69, 9.17) is 0 Å². The second kappa shape index (κ2) is 8.48. The van der Waals surface area contributed by atoms with Crippen molar-refractivity contribution in [3.8, 4) is 0 Å². The number of hydrogen-bond acceptors (Lipinski definition) is 1. The van der Waals surface area contributed by atoms with Crippen LogP contribution in [0.3, 0.4) is 0 Å². The summed E-state index contributed by atoms with van der Waals surface area (Å²) in [5.41, 5.74) is 1.34. The largest absolute Gasteiger partial charge is 0.388 e. The second-order valence-corrected chi connectivity index (χ2v) is 5.19. The molecule has 1 rings (SSSR count). The minimum Gasteiger partial charge on any atom is -0.388 e. The number of hydrogen-bond donors (Lipinski definition) is 1. The fraction of sp³-hybridized carbons (Fsp3) is 0.467. The van der Waals surface area contributed by atoms with Crippen LogP contribution in [0.15, 0.2) is 40.9 Å². The van der Waals surface area contributed by atoms with Crippen LogP contribution in [0.2, 0.25) is 0 Å². The van der Waals surface area contributed by atoms with Crippen LogP contribution in [0, 0.1) is 0 Å². The summed E-state index contributed by atoms with van der Waals surface area (Å²) in [6, 6.07) is 10.4. The van der Waals surface area contributed by atoms with E-state index in [2.05, 4.69) is 53.2 Å². The van der Waals surface area contributed by atoms with Crippen molar-refractivity contribution in [2.24, 2.45) is 0 Å². The fourth-order valence-electron chi connectivity index (χ4n) is 1.69. The number of aliphatic hydroxyl groups excluding tert-OH is 1. The van der Waals surface area contributed by atoms with Gasteiger partial charge in [0.05, 0.1) is 6.10 Å². The lowest BCUT2D eigenvalue weighted by Gasteiger charge is -2.08. The van der Waals surface area contributed by atoms with Crippen molar-refractivity contribution in [2.45, 2.75) is 45.1 Å². The Morgan fingerprint density at radius 3 is 2.71 bits per heavy atom. The first-order chi connectivity index (χ1) is 8.24. The molecule has 0 saturated carbocycles. The molecular formula is C15H21BrO. The van der Waals surface area contributed by atoms with Gasteiger partial charge in [0.25, 0.3) is 0 Å². The van der Waals surface area contributed by atoms with E-state index in [0.29, 0.717) is 0 Å². The molecule has 1 aromatic rings. The van der Waals surface area contributed by atoms with Gasteiger partial charge in [0.15, 0.2) is 0 Å². The lowest BCUT2D eigenvalue weighted by Crippen LogP contribution is -2.05. The van der Waals surface area contributed by atoms with Crippen LogP contribution in [-0.4, -0.2) is 11.2 Å². The third-order valence-corrected chi connectivity index (χ3v) is 3.62. The van der Waals surface area contributed by atoms with Crippen molar-refractivity contribution in [3.05, 3.63) is 46.5 Å². The molecule has 0 saturated heterocycles. The molecule has 0 spiro atoms. The summed E-state index contributed by atoms with van der Waals surface area (Å²) in [7, 11) is 0. The molecule has 0 bridgehead atoms. The van der Waals surface area contributed by atoms with Gasteiger partial charge in [-0.3, -0.25) is 0 Å². The number of allylic oxidation sites excluding steroid dienone is 1. The highest BCUT2D eigenvalue weighted by molar-refractivity contribution is 9.11. The number of aliphatic hydroxyl groups is 1. The summed E-state index contributed by atoms with van der Waals surface area (Å²) in [6.07, 6.45) is 6.80. The van der Waals surface area contributed by atoms with Crippen LogP contribution < -0.4 is 0 Å². The summed E-state index contributed by atoms with van der Waals surface area (Å²) in [5, 5.41) is 9.83. The minimum absolute atomic E-state index is 0.328. The number of aryl methyl sites for hydroxylation is 1. The zero-order valence-electron chi connectivity index (χ0n) is 10.4. The van der Waals surface area contributed by atoms with Crippen molar-refractivity contribution in [3.63, 3.8) is 0 Å². The highest BCUT2D eigenvalue weighted by Crippen LogP contribution is 2.17. The zero-order valence-corrected chi connectivity index (χ0v) is 12.0. The lowest BCUT2D eigenvalue weighted by molar-refractivity contribution is 0.206. The normalized spacial score (nSPS) is 13.7. The summed E-state index contributed by atoms with van der Waals surface area (Å²) in [6.45, 7) is 2.14. The van der Waals surface area contributed by atoms with Gasteiger partial charge in [-0.25, -0.2) is 0 Å². The third-order valence-electron chi connectivity index (χ3n) is 2.76. The maximum atomic E-state index is 9.83. The first kappa shape index (κ1) is 14.5. The van der Waals surface area contributed by atoms with Crippen molar-refractivity contribution < 1.29 is 5.11 Å². The SMILES string of the molecule is CCCCC(O)/C(Br)=C/CCc1ccccc1. The Labute approximate surface area is 113 Å². The predicted octanol–water partition coefficient (Wildman–Crippen LogP) is 4.45. The third kappa shape index (κ3) is 6.04. The standard InChI is InChI=1S/C15H21BrO/c1-2-3-12-15(17)14(16)11-7-10-13-8-5-4-6-9-13/h4-6,8-9,11,15,17H,2-3,7,10,12H2,1H3/b14-11-. The van der Waals surface area contributed by atoms with E-state index in [1.165, 1.54) is 5.56 Å². The second-order valence-electron chi connectivity index (χ2n) is 4.27. The molecule has 1 aromatic carbocycles. The maximum absolute atomic E-state index is 9.83. The first-order valence-electron chi connectivity index (χ1n) is 6.31. The van der Waals surface area contributed by atoms with Gasteiger partial charge in [-0.05, 0) is 24.8 Å². The van der Waals surface area contributed by atoms with Gasteiger partial charge in [-0.1, -0.05) is 72.1 Å². The Morgan fingerprint density at radius 2 is 2.06 bits per heavy atom. The fourth-order valence-corrected chi connectivity index (χ4v) is 2.15. The Bertz CT molecular complexity index is 332. The van der Waals surface area contributed by atoms with Crippen molar-refractivity contribution in [1.29, 1.82) is 0 Å². The molecule has 1 unspecified atom stereocenters. The Hall–Kier alpha value is -0.600. The lowest BCUT2D eigenvalue weighted by atomic mass is 10.1. The number of halogens is 1. The molecule has 1 nitrogen and oxygen atoms in total. The zero-order chi connectivity index (χ0) is 12.5. The Morgan fingerprint density at radius 1 is 1.35 bits per heavy atom. The average molecular weight is 297 g/mol. The van der Waals surface area contributed by atoms with Crippen LogP contribution in [0.4, 0.5) is 0 Å². The van der Waals surface area contributed by atoms with Crippen molar-refractivity contribution >= 4 is 15.9 Å².